The van der Waals surface area contributed by atoms with Gasteiger partial charge in [-0.25, -0.2) is 4.39 Å². The van der Waals surface area contributed by atoms with Crippen LogP contribution in [-0.4, -0.2) is 50.4 Å². The molecule has 1 saturated heterocycles. The fraction of sp³-hybridized carbons (Fsp3) is 0.304. The molecule has 0 N–H and O–H groups in total. The first kappa shape index (κ1) is 20.3. The molecule has 1 atom stereocenters. The second-order valence-corrected chi connectivity index (χ2v) is 7.69. The molecule has 164 valence electrons. The van der Waals surface area contributed by atoms with Gasteiger partial charge in [-0.2, -0.15) is 10.1 Å². The second-order valence-electron chi connectivity index (χ2n) is 7.69. The molecular formula is C23H22FN5O3. The molecule has 2 aromatic heterocycles. The van der Waals surface area contributed by atoms with Gasteiger partial charge >= 0.3 is 0 Å². The van der Waals surface area contributed by atoms with Crippen LogP contribution in [0.2, 0.25) is 0 Å². The molecule has 8 nitrogen and oxygen atoms in total. The Labute approximate surface area is 183 Å². The first-order valence-corrected chi connectivity index (χ1v) is 10.5. The Bertz CT molecular complexity index is 1240. The molecule has 32 heavy (non-hydrogen) atoms. The highest BCUT2D eigenvalue weighted by Crippen LogP contribution is 2.22. The standard InChI is InChI=1S/C23H22FN5O3/c24-18-7-3-1-5-16(18)13-21-26-23(32-27-21)20-15-28(11-12-31-20)22(30)9-10-29-19-8-4-2-6-17(19)14-25-29/h1-8,14,20H,9-13,15H2/t20-/m1/s1. The van der Waals surface area contributed by atoms with E-state index in [0.29, 0.717) is 49.9 Å². The lowest BCUT2D eigenvalue weighted by Crippen LogP contribution is -2.42. The van der Waals surface area contributed by atoms with E-state index in [2.05, 4.69) is 15.2 Å². The first-order valence-electron chi connectivity index (χ1n) is 10.5. The predicted molar refractivity (Wildman–Crippen MR) is 113 cm³/mol. The maximum Gasteiger partial charge on any atom is 0.257 e. The summed E-state index contributed by atoms with van der Waals surface area (Å²) in [6.45, 7) is 1.72. The van der Waals surface area contributed by atoms with Gasteiger partial charge in [-0.15, -0.1) is 0 Å². The van der Waals surface area contributed by atoms with E-state index in [1.54, 1.807) is 29.3 Å². The van der Waals surface area contributed by atoms with Crippen LogP contribution in [0.5, 0.6) is 0 Å². The van der Waals surface area contributed by atoms with Gasteiger partial charge in [0.2, 0.25) is 5.91 Å². The Hall–Kier alpha value is -3.59. The maximum atomic E-state index is 13.9. The average Bonchev–Trinajstić information content (AvgIpc) is 3.46. The van der Waals surface area contributed by atoms with Crippen molar-refractivity contribution in [1.29, 1.82) is 0 Å². The zero-order valence-electron chi connectivity index (χ0n) is 17.4. The van der Waals surface area contributed by atoms with Gasteiger partial charge in [0.05, 0.1) is 31.4 Å². The van der Waals surface area contributed by atoms with Crippen molar-refractivity contribution in [1.82, 2.24) is 24.8 Å². The van der Waals surface area contributed by atoms with Gasteiger partial charge in [-0.3, -0.25) is 9.48 Å². The molecule has 5 rings (SSSR count). The summed E-state index contributed by atoms with van der Waals surface area (Å²) in [6, 6.07) is 14.4. The number of nitrogens with zero attached hydrogens (tertiary/aromatic N) is 5. The Morgan fingerprint density at radius 3 is 2.91 bits per heavy atom. The van der Waals surface area contributed by atoms with Crippen LogP contribution in [-0.2, 0) is 22.5 Å². The summed E-state index contributed by atoms with van der Waals surface area (Å²) >= 11 is 0. The number of aryl methyl sites for hydroxylation is 1. The molecule has 1 aliphatic heterocycles. The Morgan fingerprint density at radius 1 is 1.16 bits per heavy atom. The van der Waals surface area contributed by atoms with Crippen LogP contribution in [0.1, 0.15) is 29.8 Å². The summed E-state index contributed by atoms with van der Waals surface area (Å²) in [5.74, 6) is 0.382. The molecule has 0 aliphatic carbocycles. The van der Waals surface area contributed by atoms with Gasteiger partial charge in [-0.1, -0.05) is 41.6 Å². The molecule has 0 radical (unpaired) electrons. The zero-order chi connectivity index (χ0) is 21.9. The minimum Gasteiger partial charge on any atom is -0.365 e. The van der Waals surface area contributed by atoms with Gasteiger partial charge in [-0.05, 0) is 17.7 Å². The van der Waals surface area contributed by atoms with Crippen molar-refractivity contribution in [3.63, 3.8) is 0 Å². The second kappa shape index (κ2) is 8.88. The lowest BCUT2D eigenvalue weighted by molar-refractivity contribution is -0.140. The fourth-order valence-electron chi connectivity index (χ4n) is 3.87. The number of hydrogen-bond acceptors (Lipinski definition) is 6. The Morgan fingerprint density at radius 2 is 2.00 bits per heavy atom. The van der Waals surface area contributed by atoms with Crippen LogP contribution in [0, 0.1) is 5.82 Å². The zero-order valence-corrected chi connectivity index (χ0v) is 17.4. The number of rotatable bonds is 6. The van der Waals surface area contributed by atoms with E-state index >= 15 is 0 Å². The van der Waals surface area contributed by atoms with Crippen LogP contribution >= 0.6 is 0 Å². The normalized spacial score (nSPS) is 16.5. The van der Waals surface area contributed by atoms with Gasteiger partial charge in [0.15, 0.2) is 11.9 Å². The number of morpholine rings is 1. The molecule has 0 saturated carbocycles. The topological polar surface area (TPSA) is 86.3 Å². The van der Waals surface area contributed by atoms with Crippen molar-refractivity contribution < 1.29 is 18.4 Å². The fourth-order valence-corrected chi connectivity index (χ4v) is 3.87. The van der Waals surface area contributed by atoms with Gasteiger partial charge in [0.25, 0.3) is 5.89 Å². The van der Waals surface area contributed by atoms with E-state index in [1.807, 2.05) is 28.9 Å². The van der Waals surface area contributed by atoms with Crippen molar-refractivity contribution in [2.24, 2.45) is 0 Å². The number of carbonyl (C=O) groups excluding carboxylic acids is 1. The van der Waals surface area contributed by atoms with Crippen LogP contribution in [0.3, 0.4) is 0 Å². The van der Waals surface area contributed by atoms with E-state index in [0.717, 1.165) is 10.9 Å². The van der Waals surface area contributed by atoms with Crippen molar-refractivity contribution in [3.8, 4) is 0 Å². The number of aromatic nitrogens is 4. The van der Waals surface area contributed by atoms with E-state index in [1.165, 1.54) is 6.07 Å². The molecule has 1 aliphatic rings. The van der Waals surface area contributed by atoms with E-state index in [4.69, 9.17) is 9.26 Å². The number of benzene rings is 2. The SMILES string of the molecule is O=C(CCn1ncc2ccccc21)N1CCO[C@@H](c2nc(Cc3ccccc3F)no2)C1. The Kier molecular flexibility index (Phi) is 5.64. The highest BCUT2D eigenvalue weighted by Gasteiger charge is 2.29. The van der Waals surface area contributed by atoms with Crippen molar-refractivity contribution >= 4 is 16.8 Å². The van der Waals surface area contributed by atoms with E-state index in [-0.39, 0.29) is 18.1 Å². The van der Waals surface area contributed by atoms with Crippen LogP contribution in [0.15, 0.2) is 59.3 Å². The number of para-hydroxylation sites is 1. The van der Waals surface area contributed by atoms with E-state index in [9.17, 15) is 9.18 Å². The summed E-state index contributed by atoms with van der Waals surface area (Å²) in [7, 11) is 0. The van der Waals surface area contributed by atoms with Crippen molar-refractivity contribution in [2.75, 3.05) is 19.7 Å². The molecule has 0 spiro atoms. The van der Waals surface area contributed by atoms with Crippen LogP contribution in [0.25, 0.3) is 10.9 Å². The largest absolute Gasteiger partial charge is 0.365 e. The lowest BCUT2D eigenvalue weighted by atomic mass is 10.1. The summed E-state index contributed by atoms with van der Waals surface area (Å²) in [5, 5.41) is 9.38. The quantitative estimate of drug-likeness (QED) is 0.463. The molecule has 4 aromatic rings. The number of halogens is 1. The van der Waals surface area contributed by atoms with E-state index < -0.39 is 6.10 Å². The van der Waals surface area contributed by atoms with Crippen LogP contribution < -0.4 is 0 Å². The molecule has 0 unspecified atom stereocenters. The molecule has 0 bridgehead atoms. The summed E-state index contributed by atoms with van der Waals surface area (Å²) in [5.41, 5.74) is 1.50. The minimum absolute atomic E-state index is 0.0176. The number of fused-ring (bicyclic) bond motifs is 1. The molecule has 3 heterocycles. The van der Waals surface area contributed by atoms with Crippen molar-refractivity contribution in [3.05, 3.63) is 77.8 Å². The Balaban J connectivity index is 1.20. The number of hydrogen-bond donors (Lipinski definition) is 0. The van der Waals surface area contributed by atoms with Crippen LogP contribution in [0.4, 0.5) is 4.39 Å². The first-order chi connectivity index (χ1) is 15.7. The number of amides is 1. The predicted octanol–water partition coefficient (Wildman–Crippen LogP) is 3.14. The average molecular weight is 435 g/mol. The van der Waals surface area contributed by atoms with Gasteiger partial charge < -0.3 is 14.2 Å². The van der Waals surface area contributed by atoms with Crippen molar-refractivity contribution in [2.45, 2.75) is 25.5 Å². The third kappa shape index (κ3) is 4.24. The summed E-state index contributed by atoms with van der Waals surface area (Å²) in [6.07, 6.45) is 1.86. The molecular weight excluding hydrogens is 413 g/mol. The smallest absolute Gasteiger partial charge is 0.257 e. The maximum absolute atomic E-state index is 13.9. The highest BCUT2D eigenvalue weighted by atomic mass is 19.1. The summed E-state index contributed by atoms with van der Waals surface area (Å²) < 4.78 is 26.8. The molecule has 9 heteroatoms. The molecule has 1 amide bonds. The van der Waals surface area contributed by atoms with Gasteiger partial charge in [0.1, 0.15) is 5.82 Å². The molecule has 1 fully saturated rings. The molecule has 2 aromatic carbocycles. The number of ether oxygens (including phenoxy) is 1. The highest BCUT2D eigenvalue weighted by molar-refractivity contribution is 5.79. The monoisotopic (exact) mass is 435 g/mol. The lowest BCUT2D eigenvalue weighted by Gasteiger charge is -2.31. The number of carbonyl (C=O) groups is 1. The third-order valence-electron chi connectivity index (χ3n) is 5.57. The minimum atomic E-state index is -0.500. The third-order valence-corrected chi connectivity index (χ3v) is 5.57. The van der Waals surface area contributed by atoms with Gasteiger partial charge in [0, 0.05) is 24.8 Å². The summed E-state index contributed by atoms with van der Waals surface area (Å²) in [4.78, 5) is 18.9.